The van der Waals surface area contributed by atoms with Crippen molar-refractivity contribution in [2.24, 2.45) is 5.73 Å². The van der Waals surface area contributed by atoms with Gasteiger partial charge in [-0.05, 0) is 6.92 Å². The van der Waals surface area contributed by atoms with Crippen LogP contribution in [0.3, 0.4) is 0 Å². The van der Waals surface area contributed by atoms with Gasteiger partial charge >= 0.3 is 6.03 Å². The van der Waals surface area contributed by atoms with E-state index in [9.17, 15) is 4.79 Å². The molecule has 0 aliphatic heterocycles. The molecule has 0 aromatic rings. The summed E-state index contributed by atoms with van der Waals surface area (Å²) in [5, 5.41) is 0. The molecule has 12 heavy (non-hydrogen) atoms. The normalized spacial score (nSPS) is 9.25. The van der Waals surface area contributed by atoms with Crippen molar-refractivity contribution in [3.8, 4) is 0 Å². The fourth-order valence-electron chi connectivity index (χ4n) is 0.786. The van der Waals surface area contributed by atoms with E-state index in [2.05, 4.69) is 0 Å². The molecular formula is C7H15N3OS. The molecule has 70 valence electrons. The van der Waals surface area contributed by atoms with Gasteiger partial charge in [-0.2, -0.15) is 0 Å². The van der Waals surface area contributed by atoms with Crippen LogP contribution >= 0.6 is 12.2 Å². The lowest BCUT2D eigenvalue weighted by molar-refractivity contribution is 0.180. The molecule has 0 fully saturated rings. The van der Waals surface area contributed by atoms with Crippen LogP contribution in [0.15, 0.2) is 0 Å². The average molecular weight is 189 g/mol. The molecule has 0 aromatic carbocycles. The Balaban J connectivity index is 4.15. The molecule has 0 aliphatic rings. The Hall–Kier alpha value is -0.840. The molecular weight excluding hydrogens is 174 g/mol. The molecule has 0 aliphatic carbocycles. The van der Waals surface area contributed by atoms with Crippen LogP contribution in [0.2, 0.25) is 0 Å². The molecule has 0 spiro atoms. The summed E-state index contributed by atoms with van der Waals surface area (Å²) in [5.41, 5.74) is 5.33. The summed E-state index contributed by atoms with van der Waals surface area (Å²) >= 11 is 4.71. The Morgan fingerprint density at radius 1 is 1.50 bits per heavy atom. The van der Waals surface area contributed by atoms with Gasteiger partial charge in [0.2, 0.25) is 0 Å². The number of nitrogens with two attached hydrogens (primary N) is 1. The van der Waals surface area contributed by atoms with E-state index >= 15 is 0 Å². The van der Waals surface area contributed by atoms with Crippen molar-refractivity contribution in [1.82, 2.24) is 9.80 Å². The number of thiocarbonyl (C=S) groups is 1. The van der Waals surface area contributed by atoms with Gasteiger partial charge in [0.25, 0.3) is 0 Å². The smallest absolute Gasteiger partial charge is 0.319 e. The van der Waals surface area contributed by atoms with Gasteiger partial charge in [-0.15, -0.1) is 0 Å². The monoisotopic (exact) mass is 189 g/mol. The highest BCUT2D eigenvalue weighted by Crippen LogP contribution is 1.93. The molecule has 0 bridgehead atoms. The molecule has 0 atom stereocenters. The van der Waals surface area contributed by atoms with Crippen LogP contribution in [0.4, 0.5) is 4.79 Å². The second-order valence-electron chi connectivity index (χ2n) is 2.66. The molecule has 4 nitrogen and oxygen atoms in total. The third kappa shape index (κ3) is 3.52. The Bertz CT molecular complexity index is 181. The number of hydrogen-bond donors (Lipinski definition) is 1. The van der Waals surface area contributed by atoms with Crippen molar-refractivity contribution in [2.75, 3.05) is 27.2 Å². The van der Waals surface area contributed by atoms with Crippen LogP contribution in [0.25, 0.3) is 0 Å². The Morgan fingerprint density at radius 3 is 2.25 bits per heavy atom. The first-order valence-corrected chi connectivity index (χ1v) is 4.14. The summed E-state index contributed by atoms with van der Waals surface area (Å²) in [7, 11) is 3.40. The maximum absolute atomic E-state index is 11.3. The van der Waals surface area contributed by atoms with E-state index in [0.29, 0.717) is 18.1 Å². The zero-order valence-electron chi connectivity index (χ0n) is 7.70. The number of hydrogen-bond acceptors (Lipinski definition) is 2. The second-order valence-corrected chi connectivity index (χ2v) is 3.18. The minimum Gasteiger partial charge on any atom is -0.392 e. The standard InChI is InChI=1S/C7H15N3OS/c1-4-10(5-6(8)12)7(11)9(2)3/h4-5H2,1-3H3,(H2,8,12). The molecule has 0 heterocycles. The highest BCUT2D eigenvalue weighted by atomic mass is 32.1. The lowest BCUT2D eigenvalue weighted by atomic mass is 10.5. The first kappa shape index (κ1) is 11.2. The fourth-order valence-corrected chi connectivity index (χ4v) is 0.941. The lowest BCUT2D eigenvalue weighted by Crippen LogP contribution is -2.43. The maximum atomic E-state index is 11.3. The largest absolute Gasteiger partial charge is 0.392 e. The van der Waals surface area contributed by atoms with Crippen molar-refractivity contribution in [3.63, 3.8) is 0 Å². The van der Waals surface area contributed by atoms with E-state index in [4.69, 9.17) is 18.0 Å². The molecule has 0 saturated carbocycles. The first-order chi connectivity index (χ1) is 5.49. The van der Waals surface area contributed by atoms with Gasteiger partial charge in [-0.3, -0.25) is 0 Å². The molecule has 0 unspecified atom stereocenters. The highest BCUT2D eigenvalue weighted by molar-refractivity contribution is 7.80. The first-order valence-electron chi connectivity index (χ1n) is 3.73. The van der Waals surface area contributed by atoms with Crippen molar-refractivity contribution in [3.05, 3.63) is 0 Å². The van der Waals surface area contributed by atoms with Crippen LogP contribution in [-0.2, 0) is 0 Å². The zero-order chi connectivity index (χ0) is 9.72. The average Bonchev–Trinajstić information content (AvgIpc) is 1.98. The molecule has 0 radical (unpaired) electrons. The topological polar surface area (TPSA) is 49.6 Å². The van der Waals surface area contributed by atoms with Crippen molar-refractivity contribution in [1.29, 1.82) is 0 Å². The van der Waals surface area contributed by atoms with E-state index in [-0.39, 0.29) is 6.03 Å². The van der Waals surface area contributed by atoms with Gasteiger partial charge < -0.3 is 15.5 Å². The summed E-state index contributed by atoms with van der Waals surface area (Å²) in [5.74, 6) is 0. The van der Waals surface area contributed by atoms with E-state index in [1.165, 1.54) is 4.90 Å². The number of rotatable bonds is 3. The molecule has 0 saturated heterocycles. The second kappa shape index (κ2) is 4.92. The zero-order valence-corrected chi connectivity index (χ0v) is 8.52. The SMILES string of the molecule is CCN(CC(N)=S)C(=O)N(C)C. The van der Waals surface area contributed by atoms with Gasteiger partial charge in [-0.1, -0.05) is 12.2 Å². The lowest BCUT2D eigenvalue weighted by Gasteiger charge is -2.23. The number of urea groups is 1. The van der Waals surface area contributed by atoms with Gasteiger partial charge in [0.1, 0.15) is 0 Å². The van der Waals surface area contributed by atoms with Crippen LogP contribution in [-0.4, -0.2) is 48.0 Å². The fraction of sp³-hybridized carbons (Fsp3) is 0.714. The van der Waals surface area contributed by atoms with E-state index in [0.717, 1.165) is 0 Å². The van der Waals surface area contributed by atoms with Crippen molar-refractivity contribution in [2.45, 2.75) is 6.92 Å². The Labute approximate surface area is 78.3 Å². The van der Waals surface area contributed by atoms with Gasteiger partial charge in [0.15, 0.2) is 0 Å². The van der Waals surface area contributed by atoms with Crippen LogP contribution in [0, 0.1) is 0 Å². The van der Waals surface area contributed by atoms with E-state index in [1.807, 2.05) is 6.92 Å². The summed E-state index contributed by atoms with van der Waals surface area (Å²) in [6.45, 7) is 2.86. The summed E-state index contributed by atoms with van der Waals surface area (Å²) in [6, 6.07) is -0.0645. The minimum atomic E-state index is -0.0645. The van der Waals surface area contributed by atoms with Crippen LogP contribution < -0.4 is 5.73 Å². The number of likely N-dealkylation sites (N-methyl/N-ethyl adjacent to an activating group) is 1. The maximum Gasteiger partial charge on any atom is 0.319 e. The van der Waals surface area contributed by atoms with Crippen LogP contribution in [0.1, 0.15) is 6.92 Å². The quantitative estimate of drug-likeness (QED) is 0.649. The molecule has 2 N–H and O–H groups in total. The van der Waals surface area contributed by atoms with Gasteiger partial charge in [0.05, 0.1) is 11.5 Å². The number of nitrogens with zero attached hydrogens (tertiary/aromatic N) is 2. The Kier molecular flexibility index (Phi) is 4.58. The summed E-state index contributed by atoms with van der Waals surface area (Å²) < 4.78 is 0. The third-order valence-corrected chi connectivity index (χ3v) is 1.51. The molecule has 0 aromatic heterocycles. The van der Waals surface area contributed by atoms with Crippen molar-refractivity contribution >= 4 is 23.2 Å². The highest BCUT2D eigenvalue weighted by Gasteiger charge is 2.13. The van der Waals surface area contributed by atoms with Gasteiger partial charge in [-0.25, -0.2) is 4.79 Å². The Morgan fingerprint density at radius 2 is 2.00 bits per heavy atom. The third-order valence-electron chi connectivity index (χ3n) is 1.38. The summed E-state index contributed by atoms with van der Waals surface area (Å²) in [4.78, 5) is 14.8. The van der Waals surface area contributed by atoms with E-state index in [1.54, 1.807) is 19.0 Å². The van der Waals surface area contributed by atoms with Gasteiger partial charge in [0, 0.05) is 20.6 Å². The minimum absolute atomic E-state index is 0.0645. The molecule has 2 amide bonds. The predicted molar refractivity (Wildman–Crippen MR) is 53.1 cm³/mol. The molecule has 5 heteroatoms. The number of carbonyl (C=O) groups is 1. The number of carbonyl (C=O) groups excluding carboxylic acids is 1. The van der Waals surface area contributed by atoms with Crippen molar-refractivity contribution < 1.29 is 4.79 Å². The van der Waals surface area contributed by atoms with Crippen LogP contribution in [0.5, 0.6) is 0 Å². The number of amides is 2. The predicted octanol–water partition coefficient (Wildman–Crippen LogP) is 0.276. The van der Waals surface area contributed by atoms with E-state index < -0.39 is 0 Å². The molecule has 0 rings (SSSR count). The summed E-state index contributed by atoms with van der Waals surface area (Å²) in [6.07, 6.45) is 0.